The summed E-state index contributed by atoms with van der Waals surface area (Å²) in [5, 5.41) is 13.5. The van der Waals surface area contributed by atoms with Gasteiger partial charge in [-0.1, -0.05) is 0 Å². The molecule has 0 bridgehead atoms. The van der Waals surface area contributed by atoms with E-state index in [1.54, 1.807) is 4.90 Å². The van der Waals surface area contributed by atoms with Crippen molar-refractivity contribution in [3.05, 3.63) is 18.0 Å². The quantitative estimate of drug-likeness (QED) is 0.850. The van der Waals surface area contributed by atoms with Crippen molar-refractivity contribution in [1.82, 2.24) is 19.6 Å². The van der Waals surface area contributed by atoms with Crippen LogP contribution in [0.1, 0.15) is 68.4 Å². The third kappa shape index (κ3) is 3.19. The van der Waals surface area contributed by atoms with Crippen LogP contribution in [0.2, 0.25) is 0 Å². The number of alkyl halides is 2. The number of rotatable bonds is 3. The van der Waals surface area contributed by atoms with Gasteiger partial charge in [0, 0.05) is 25.3 Å². The van der Waals surface area contributed by atoms with Crippen molar-refractivity contribution < 1.29 is 23.5 Å². The lowest BCUT2D eigenvalue weighted by atomic mass is 9.82. The zero-order valence-corrected chi connectivity index (χ0v) is 15.8. The predicted molar refractivity (Wildman–Crippen MR) is 95.7 cm³/mol. The smallest absolute Gasteiger partial charge is 0.333 e. The molecule has 2 saturated heterocycles. The van der Waals surface area contributed by atoms with Crippen molar-refractivity contribution in [2.45, 2.75) is 75.6 Å². The molecule has 0 aromatic carbocycles. The number of hydrogen-bond acceptors (Lipinski definition) is 4. The van der Waals surface area contributed by atoms with Gasteiger partial charge in [-0.2, -0.15) is 13.9 Å². The van der Waals surface area contributed by atoms with Crippen LogP contribution >= 0.6 is 0 Å². The van der Waals surface area contributed by atoms with E-state index in [0.29, 0.717) is 49.9 Å². The summed E-state index contributed by atoms with van der Waals surface area (Å²) in [7, 11) is 0. The summed E-state index contributed by atoms with van der Waals surface area (Å²) in [5.74, 6) is -0.481. The highest BCUT2D eigenvalue weighted by Gasteiger charge is 2.54. The molecule has 0 radical (unpaired) electrons. The summed E-state index contributed by atoms with van der Waals surface area (Å²) in [6, 6.07) is 1.39. The molecule has 1 N–H and O–H groups in total. The Morgan fingerprint density at radius 2 is 1.86 bits per heavy atom. The number of likely N-dealkylation sites (tertiary alicyclic amines) is 2. The van der Waals surface area contributed by atoms with Crippen molar-refractivity contribution >= 4 is 11.8 Å². The Morgan fingerprint density at radius 1 is 1.18 bits per heavy atom. The van der Waals surface area contributed by atoms with Crippen LogP contribution in [0.5, 0.6) is 0 Å². The van der Waals surface area contributed by atoms with Crippen LogP contribution in [0.3, 0.4) is 0 Å². The fourth-order valence-electron chi connectivity index (χ4n) is 5.09. The number of aliphatic hydroxyl groups is 1. The van der Waals surface area contributed by atoms with Crippen molar-refractivity contribution in [3.8, 4) is 0 Å². The summed E-state index contributed by atoms with van der Waals surface area (Å²) in [4.78, 5) is 30.0. The van der Waals surface area contributed by atoms with Gasteiger partial charge in [-0.3, -0.25) is 9.59 Å². The molecule has 7 nitrogen and oxygen atoms in total. The second-order valence-electron chi connectivity index (χ2n) is 8.12. The number of hydrogen-bond donors (Lipinski definition) is 1. The summed E-state index contributed by atoms with van der Waals surface area (Å²) in [6.07, 6.45) is 6.43. The Morgan fingerprint density at radius 3 is 2.50 bits per heavy atom. The molecule has 3 heterocycles. The van der Waals surface area contributed by atoms with Gasteiger partial charge in [-0.25, -0.2) is 4.68 Å². The van der Waals surface area contributed by atoms with Gasteiger partial charge in [0.05, 0.1) is 6.10 Å². The molecular formula is C19H26F2N4O3. The Labute approximate surface area is 162 Å². The summed E-state index contributed by atoms with van der Waals surface area (Å²) in [5.41, 5.74) is -0.938. The SMILES string of the molecule is O=C(c1ccn(C(F)F)n1)N1CCCC12CCCN(C1CCC(O)CC1)C2=O. The molecule has 28 heavy (non-hydrogen) atoms. The number of halogens is 2. The largest absolute Gasteiger partial charge is 0.393 e. The molecule has 3 aliphatic rings. The maximum Gasteiger partial charge on any atom is 0.333 e. The molecule has 1 aromatic rings. The first kappa shape index (κ1) is 19.3. The number of piperidine rings is 1. The van der Waals surface area contributed by atoms with Crippen LogP contribution in [0.25, 0.3) is 0 Å². The standard InChI is InChI=1S/C19H26F2N4O3/c20-18(21)25-12-7-15(22-25)16(27)24-11-2-9-19(24)8-1-10-23(17(19)28)13-3-5-14(26)6-4-13/h7,12-14,18,26H,1-6,8-11H2. The molecular weight excluding hydrogens is 370 g/mol. The lowest BCUT2D eigenvalue weighted by molar-refractivity contribution is -0.149. The van der Waals surface area contributed by atoms with E-state index < -0.39 is 18.0 Å². The molecule has 4 rings (SSSR count). The van der Waals surface area contributed by atoms with Crippen molar-refractivity contribution in [2.75, 3.05) is 13.1 Å². The van der Waals surface area contributed by atoms with Crippen LogP contribution in [0.15, 0.2) is 12.3 Å². The van der Waals surface area contributed by atoms with Crippen LogP contribution < -0.4 is 0 Å². The number of carbonyl (C=O) groups excluding carboxylic acids is 2. The maximum atomic E-state index is 13.5. The molecule has 1 unspecified atom stereocenters. The van der Waals surface area contributed by atoms with E-state index in [1.165, 1.54) is 6.07 Å². The van der Waals surface area contributed by atoms with E-state index in [1.807, 2.05) is 4.90 Å². The van der Waals surface area contributed by atoms with Gasteiger partial charge >= 0.3 is 6.55 Å². The zero-order valence-electron chi connectivity index (χ0n) is 15.8. The topological polar surface area (TPSA) is 78.7 Å². The Kier molecular flexibility index (Phi) is 5.11. The number of carbonyl (C=O) groups is 2. The summed E-state index contributed by atoms with van der Waals surface area (Å²) in [6.45, 7) is -1.70. The van der Waals surface area contributed by atoms with Crippen LogP contribution in [-0.2, 0) is 4.79 Å². The molecule has 1 saturated carbocycles. The van der Waals surface area contributed by atoms with E-state index in [9.17, 15) is 23.5 Å². The molecule has 1 aromatic heterocycles. The van der Waals surface area contributed by atoms with Crippen molar-refractivity contribution in [2.24, 2.45) is 0 Å². The number of aromatic nitrogens is 2. The summed E-state index contributed by atoms with van der Waals surface area (Å²) < 4.78 is 26.1. The fourth-order valence-corrected chi connectivity index (χ4v) is 5.09. The Bertz CT molecular complexity index is 747. The second-order valence-corrected chi connectivity index (χ2v) is 8.12. The first-order valence-electron chi connectivity index (χ1n) is 10.1. The molecule has 3 fully saturated rings. The van der Waals surface area contributed by atoms with Gasteiger partial charge in [-0.05, 0) is 57.4 Å². The lowest BCUT2D eigenvalue weighted by Crippen LogP contribution is -2.63. The van der Waals surface area contributed by atoms with Crippen LogP contribution in [-0.4, -0.2) is 67.3 Å². The minimum Gasteiger partial charge on any atom is -0.393 e. The molecule has 1 atom stereocenters. The number of amides is 2. The lowest BCUT2D eigenvalue weighted by Gasteiger charge is -2.48. The zero-order chi connectivity index (χ0) is 19.9. The first-order valence-corrected chi connectivity index (χ1v) is 10.1. The van der Waals surface area contributed by atoms with Gasteiger partial charge in [0.15, 0.2) is 5.69 Å². The van der Waals surface area contributed by atoms with Crippen molar-refractivity contribution in [1.29, 1.82) is 0 Å². The second kappa shape index (κ2) is 7.42. The minimum atomic E-state index is -2.80. The van der Waals surface area contributed by atoms with Gasteiger partial charge in [0.2, 0.25) is 5.91 Å². The Hall–Kier alpha value is -2.03. The highest BCUT2D eigenvalue weighted by molar-refractivity contribution is 5.99. The number of aliphatic hydroxyl groups excluding tert-OH is 1. The van der Waals surface area contributed by atoms with Gasteiger partial charge in [0.1, 0.15) is 5.54 Å². The minimum absolute atomic E-state index is 0.0284. The van der Waals surface area contributed by atoms with Crippen LogP contribution in [0, 0.1) is 0 Å². The highest BCUT2D eigenvalue weighted by Crippen LogP contribution is 2.41. The molecule has 1 aliphatic carbocycles. The average molecular weight is 396 g/mol. The van der Waals surface area contributed by atoms with E-state index in [2.05, 4.69) is 5.10 Å². The average Bonchev–Trinajstić information content (AvgIpc) is 3.33. The predicted octanol–water partition coefficient (Wildman–Crippen LogP) is 2.18. The fraction of sp³-hybridized carbons (Fsp3) is 0.737. The third-order valence-electron chi connectivity index (χ3n) is 6.52. The highest BCUT2D eigenvalue weighted by atomic mass is 19.3. The van der Waals surface area contributed by atoms with Crippen molar-refractivity contribution in [3.63, 3.8) is 0 Å². The normalized spacial score (nSPS) is 31.2. The van der Waals surface area contributed by atoms with Gasteiger partial charge < -0.3 is 14.9 Å². The van der Waals surface area contributed by atoms with E-state index in [4.69, 9.17) is 0 Å². The Balaban J connectivity index is 1.56. The van der Waals surface area contributed by atoms with E-state index >= 15 is 0 Å². The van der Waals surface area contributed by atoms with E-state index in [0.717, 1.165) is 25.5 Å². The number of nitrogens with zero attached hydrogens (tertiary/aromatic N) is 4. The third-order valence-corrected chi connectivity index (χ3v) is 6.52. The van der Waals surface area contributed by atoms with Gasteiger partial charge in [-0.15, -0.1) is 0 Å². The first-order chi connectivity index (χ1) is 13.4. The molecule has 154 valence electrons. The van der Waals surface area contributed by atoms with Crippen LogP contribution in [0.4, 0.5) is 8.78 Å². The maximum absolute atomic E-state index is 13.5. The summed E-state index contributed by atoms with van der Waals surface area (Å²) >= 11 is 0. The molecule has 1 spiro atoms. The van der Waals surface area contributed by atoms with Gasteiger partial charge in [0.25, 0.3) is 5.91 Å². The molecule has 9 heteroatoms. The molecule has 2 amide bonds. The van der Waals surface area contributed by atoms with E-state index in [-0.39, 0.29) is 23.7 Å². The monoisotopic (exact) mass is 396 g/mol. The molecule has 2 aliphatic heterocycles.